The van der Waals surface area contributed by atoms with Crippen LogP contribution >= 0.6 is 0 Å². The summed E-state index contributed by atoms with van der Waals surface area (Å²) in [5.74, 6) is 0.737. The van der Waals surface area contributed by atoms with Gasteiger partial charge in [0, 0.05) is 25.7 Å². The zero-order chi connectivity index (χ0) is 14.4. The Morgan fingerprint density at radius 2 is 1.80 bits per heavy atom. The lowest BCUT2D eigenvalue weighted by molar-refractivity contribution is 0.277. The molecule has 0 aliphatic heterocycles. The predicted molar refractivity (Wildman–Crippen MR) is 87.0 cm³/mol. The zero-order valence-electron chi connectivity index (χ0n) is 13.4. The van der Waals surface area contributed by atoms with Gasteiger partial charge in [0.05, 0.1) is 0 Å². The minimum atomic E-state index is 0.737. The third-order valence-electron chi connectivity index (χ3n) is 4.04. The van der Waals surface area contributed by atoms with E-state index < -0.39 is 0 Å². The number of hydrogen-bond donors (Lipinski definition) is 1. The average Bonchev–Trinajstić information content (AvgIpc) is 3.24. The van der Waals surface area contributed by atoms with Gasteiger partial charge in [0.2, 0.25) is 0 Å². The molecule has 0 radical (unpaired) electrons. The van der Waals surface area contributed by atoms with Gasteiger partial charge in [0.25, 0.3) is 0 Å². The highest BCUT2D eigenvalue weighted by atomic mass is 15.2. The summed E-state index contributed by atoms with van der Waals surface area (Å²) in [5.41, 5.74) is 2.85. The van der Waals surface area contributed by atoms with E-state index in [-0.39, 0.29) is 0 Å². The first kappa shape index (κ1) is 15.5. The first-order valence-electron chi connectivity index (χ1n) is 8.21. The van der Waals surface area contributed by atoms with Crippen molar-refractivity contribution in [3.63, 3.8) is 0 Å². The average molecular weight is 274 g/mol. The Morgan fingerprint density at radius 3 is 2.35 bits per heavy atom. The molecular weight excluding hydrogens is 244 g/mol. The summed E-state index contributed by atoms with van der Waals surface area (Å²) in [4.78, 5) is 2.60. The summed E-state index contributed by atoms with van der Waals surface area (Å²) in [6.45, 7) is 11.3. The summed E-state index contributed by atoms with van der Waals surface area (Å²) in [5, 5.41) is 3.57. The maximum Gasteiger partial charge on any atom is 0.0206 e. The summed E-state index contributed by atoms with van der Waals surface area (Å²) in [6, 6.07) is 9.98. The molecule has 2 rings (SSSR count). The van der Waals surface area contributed by atoms with Crippen LogP contribution in [0.2, 0.25) is 0 Å². The number of nitrogens with zero attached hydrogens (tertiary/aromatic N) is 1. The quantitative estimate of drug-likeness (QED) is 0.694. The van der Waals surface area contributed by atoms with Crippen molar-refractivity contribution >= 4 is 0 Å². The number of rotatable bonds is 9. The second kappa shape index (κ2) is 7.80. The molecule has 0 bridgehead atoms. The Bertz CT molecular complexity index is 379. The highest BCUT2D eigenvalue weighted by Gasteiger charge is 2.26. The molecule has 20 heavy (non-hydrogen) atoms. The minimum absolute atomic E-state index is 0.737. The van der Waals surface area contributed by atoms with Crippen molar-refractivity contribution in [2.75, 3.05) is 19.6 Å². The van der Waals surface area contributed by atoms with Crippen molar-refractivity contribution in [2.45, 2.75) is 52.6 Å². The molecule has 1 aliphatic rings. The highest BCUT2D eigenvalue weighted by Crippen LogP contribution is 2.25. The normalized spacial score (nSPS) is 15.2. The topological polar surface area (TPSA) is 15.3 Å². The van der Waals surface area contributed by atoms with Crippen LogP contribution in [-0.2, 0) is 13.0 Å². The molecule has 1 aliphatic carbocycles. The van der Waals surface area contributed by atoms with E-state index in [2.05, 4.69) is 55.3 Å². The van der Waals surface area contributed by atoms with Crippen molar-refractivity contribution in [1.82, 2.24) is 10.2 Å². The lowest BCUT2D eigenvalue weighted by Crippen LogP contribution is -2.33. The van der Waals surface area contributed by atoms with Gasteiger partial charge in [-0.05, 0) is 42.9 Å². The third kappa shape index (κ3) is 5.26. The molecule has 0 heterocycles. The second-order valence-corrected chi connectivity index (χ2v) is 6.45. The van der Waals surface area contributed by atoms with Gasteiger partial charge in [0.1, 0.15) is 0 Å². The molecule has 1 fully saturated rings. The SMILES string of the molecule is CCN(CCNCc1ccc(CC(C)C)cc1)C1CC1. The van der Waals surface area contributed by atoms with Gasteiger partial charge in [-0.1, -0.05) is 45.0 Å². The van der Waals surface area contributed by atoms with Crippen molar-refractivity contribution in [3.05, 3.63) is 35.4 Å². The number of hydrogen-bond acceptors (Lipinski definition) is 2. The predicted octanol–water partition coefficient (Wildman–Crippen LogP) is 3.46. The molecule has 2 nitrogen and oxygen atoms in total. The summed E-state index contributed by atoms with van der Waals surface area (Å²) >= 11 is 0. The molecule has 1 saturated carbocycles. The van der Waals surface area contributed by atoms with E-state index in [0.717, 1.165) is 25.0 Å². The first-order valence-corrected chi connectivity index (χ1v) is 8.21. The Kier molecular flexibility index (Phi) is 6.06. The second-order valence-electron chi connectivity index (χ2n) is 6.45. The Morgan fingerprint density at radius 1 is 1.15 bits per heavy atom. The van der Waals surface area contributed by atoms with Gasteiger partial charge in [-0.25, -0.2) is 0 Å². The maximum absolute atomic E-state index is 3.57. The summed E-state index contributed by atoms with van der Waals surface area (Å²) in [6.07, 6.45) is 4.00. The summed E-state index contributed by atoms with van der Waals surface area (Å²) < 4.78 is 0. The van der Waals surface area contributed by atoms with Gasteiger partial charge < -0.3 is 5.32 Å². The van der Waals surface area contributed by atoms with Crippen LogP contribution in [0.3, 0.4) is 0 Å². The van der Waals surface area contributed by atoms with Crippen LogP contribution < -0.4 is 5.32 Å². The van der Waals surface area contributed by atoms with E-state index in [1.165, 1.54) is 43.5 Å². The zero-order valence-corrected chi connectivity index (χ0v) is 13.4. The van der Waals surface area contributed by atoms with Crippen LogP contribution in [0.5, 0.6) is 0 Å². The number of nitrogens with one attached hydrogen (secondary N) is 1. The van der Waals surface area contributed by atoms with Gasteiger partial charge in [-0.3, -0.25) is 4.90 Å². The van der Waals surface area contributed by atoms with E-state index in [0.29, 0.717) is 0 Å². The monoisotopic (exact) mass is 274 g/mol. The molecule has 1 N–H and O–H groups in total. The fraction of sp³-hybridized carbons (Fsp3) is 0.667. The van der Waals surface area contributed by atoms with Crippen LogP contribution in [-0.4, -0.2) is 30.6 Å². The van der Waals surface area contributed by atoms with Crippen LogP contribution in [0.15, 0.2) is 24.3 Å². The van der Waals surface area contributed by atoms with Crippen molar-refractivity contribution < 1.29 is 0 Å². The fourth-order valence-electron chi connectivity index (χ4n) is 2.76. The molecule has 2 heteroatoms. The van der Waals surface area contributed by atoms with Crippen LogP contribution in [0, 0.1) is 5.92 Å². The molecule has 0 saturated heterocycles. The Hall–Kier alpha value is -0.860. The molecule has 0 spiro atoms. The molecule has 1 aromatic carbocycles. The largest absolute Gasteiger partial charge is 0.311 e. The number of benzene rings is 1. The molecule has 0 unspecified atom stereocenters. The van der Waals surface area contributed by atoms with Crippen molar-refractivity contribution in [2.24, 2.45) is 5.92 Å². The standard InChI is InChI=1S/C18H30N2/c1-4-20(18-9-10-18)12-11-19-14-17-7-5-16(6-8-17)13-15(2)3/h5-8,15,18-19H,4,9-14H2,1-3H3. The molecular formula is C18H30N2. The van der Waals surface area contributed by atoms with E-state index in [1.807, 2.05) is 0 Å². The van der Waals surface area contributed by atoms with E-state index in [9.17, 15) is 0 Å². The van der Waals surface area contributed by atoms with Crippen LogP contribution in [0.1, 0.15) is 44.7 Å². The van der Waals surface area contributed by atoms with Crippen molar-refractivity contribution in [1.29, 1.82) is 0 Å². The van der Waals surface area contributed by atoms with Gasteiger partial charge in [-0.2, -0.15) is 0 Å². The third-order valence-corrected chi connectivity index (χ3v) is 4.04. The van der Waals surface area contributed by atoms with Gasteiger partial charge >= 0.3 is 0 Å². The summed E-state index contributed by atoms with van der Waals surface area (Å²) in [7, 11) is 0. The lowest BCUT2D eigenvalue weighted by Gasteiger charge is -2.19. The number of likely N-dealkylation sites (N-methyl/N-ethyl adjacent to an activating group) is 1. The Balaban J connectivity index is 1.65. The molecule has 1 aromatic rings. The molecule has 0 atom stereocenters. The van der Waals surface area contributed by atoms with Crippen LogP contribution in [0.4, 0.5) is 0 Å². The van der Waals surface area contributed by atoms with E-state index >= 15 is 0 Å². The molecule has 0 amide bonds. The minimum Gasteiger partial charge on any atom is -0.311 e. The van der Waals surface area contributed by atoms with E-state index in [1.54, 1.807) is 0 Å². The highest BCUT2D eigenvalue weighted by molar-refractivity contribution is 5.22. The van der Waals surface area contributed by atoms with Gasteiger partial charge in [0.15, 0.2) is 0 Å². The van der Waals surface area contributed by atoms with E-state index in [4.69, 9.17) is 0 Å². The maximum atomic E-state index is 3.57. The first-order chi connectivity index (χ1) is 9.69. The van der Waals surface area contributed by atoms with Gasteiger partial charge in [-0.15, -0.1) is 0 Å². The lowest BCUT2D eigenvalue weighted by atomic mass is 10.0. The van der Waals surface area contributed by atoms with Crippen LogP contribution in [0.25, 0.3) is 0 Å². The Labute approximate surface area is 124 Å². The molecule has 0 aromatic heterocycles. The molecule has 112 valence electrons. The smallest absolute Gasteiger partial charge is 0.0206 e. The van der Waals surface area contributed by atoms with Crippen molar-refractivity contribution in [3.8, 4) is 0 Å². The fourth-order valence-corrected chi connectivity index (χ4v) is 2.76.